The van der Waals surface area contributed by atoms with E-state index in [1.54, 1.807) is 0 Å². The Kier molecular flexibility index (Phi) is 4.39. The summed E-state index contributed by atoms with van der Waals surface area (Å²) in [5.41, 5.74) is 5.97. The van der Waals surface area contributed by atoms with Crippen LogP contribution in [0.25, 0.3) is 0 Å². The van der Waals surface area contributed by atoms with Gasteiger partial charge in [-0.2, -0.15) is 0 Å². The second-order valence-electron chi connectivity index (χ2n) is 5.51. The molecule has 2 heteroatoms. The van der Waals surface area contributed by atoms with Crippen LogP contribution in [0.3, 0.4) is 0 Å². The van der Waals surface area contributed by atoms with E-state index in [4.69, 9.17) is 5.73 Å². The molecule has 0 aromatic heterocycles. The Bertz CT molecular complexity index is 154. The fourth-order valence-corrected chi connectivity index (χ4v) is 2.31. The van der Waals surface area contributed by atoms with Crippen molar-refractivity contribution in [1.82, 2.24) is 4.90 Å². The van der Waals surface area contributed by atoms with Gasteiger partial charge in [0.05, 0.1) is 0 Å². The summed E-state index contributed by atoms with van der Waals surface area (Å²) in [7, 11) is 2.26. The predicted octanol–water partition coefficient (Wildman–Crippen LogP) is 2.38. The zero-order chi connectivity index (χ0) is 10.6. The first kappa shape index (κ1) is 12.0. The van der Waals surface area contributed by atoms with Gasteiger partial charge in [-0.15, -0.1) is 0 Å². The van der Waals surface area contributed by atoms with Gasteiger partial charge in [-0.1, -0.05) is 12.8 Å². The summed E-state index contributed by atoms with van der Waals surface area (Å²) in [5.74, 6) is 0. The van der Waals surface area contributed by atoms with E-state index in [2.05, 4.69) is 25.8 Å². The summed E-state index contributed by atoms with van der Waals surface area (Å²) < 4.78 is 0. The lowest BCUT2D eigenvalue weighted by Crippen LogP contribution is -2.35. The van der Waals surface area contributed by atoms with Gasteiger partial charge in [-0.05, 0) is 53.1 Å². The van der Waals surface area contributed by atoms with E-state index in [1.165, 1.54) is 38.6 Å². The van der Waals surface area contributed by atoms with Crippen LogP contribution in [0.2, 0.25) is 0 Å². The van der Waals surface area contributed by atoms with E-state index in [0.29, 0.717) is 0 Å². The van der Waals surface area contributed by atoms with Crippen molar-refractivity contribution in [2.75, 3.05) is 13.6 Å². The average molecular weight is 198 g/mol. The Morgan fingerprint density at radius 1 is 1.29 bits per heavy atom. The molecule has 0 atom stereocenters. The van der Waals surface area contributed by atoms with Gasteiger partial charge in [0.25, 0.3) is 0 Å². The minimum absolute atomic E-state index is 0.0104. The molecular weight excluding hydrogens is 172 g/mol. The monoisotopic (exact) mass is 198 g/mol. The van der Waals surface area contributed by atoms with Gasteiger partial charge in [-0.3, -0.25) is 0 Å². The minimum atomic E-state index is 0.0104. The van der Waals surface area contributed by atoms with Crippen LogP contribution in [0, 0.1) is 0 Å². The Balaban J connectivity index is 2.11. The summed E-state index contributed by atoms with van der Waals surface area (Å²) in [5, 5.41) is 0. The molecule has 0 heterocycles. The molecule has 0 aromatic rings. The van der Waals surface area contributed by atoms with Crippen LogP contribution < -0.4 is 5.73 Å². The van der Waals surface area contributed by atoms with Crippen molar-refractivity contribution in [1.29, 1.82) is 0 Å². The van der Waals surface area contributed by atoms with Crippen molar-refractivity contribution >= 4 is 0 Å². The SMILES string of the molecule is CN(CCCC(C)(C)N)C1CCCC1. The topological polar surface area (TPSA) is 29.3 Å². The average Bonchev–Trinajstić information content (AvgIpc) is 2.53. The van der Waals surface area contributed by atoms with Crippen LogP contribution in [0.5, 0.6) is 0 Å². The Labute approximate surface area is 88.8 Å². The second-order valence-corrected chi connectivity index (χ2v) is 5.51. The van der Waals surface area contributed by atoms with Gasteiger partial charge < -0.3 is 10.6 Å². The zero-order valence-corrected chi connectivity index (χ0v) is 10.1. The maximum absolute atomic E-state index is 5.96. The maximum atomic E-state index is 5.96. The molecule has 14 heavy (non-hydrogen) atoms. The van der Waals surface area contributed by atoms with Crippen LogP contribution in [-0.2, 0) is 0 Å². The minimum Gasteiger partial charge on any atom is -0.326 e. The summed E-state index contributed by atoms with van der Waals surface area (Å²) in [6.07, 6.45) is 8.03. The molecule has 0 bridgehead atoms. The van der Waals surface area contributed by atoms with E-state index in [-0.39, 0.29) is 5.54 Å². The van der Waals surface area contributed by atoms with Crippen molar-refractivity contribution < 1.29 is 0 Å². The molecule has 1 rings (SSSR count). The van der Waals surface area contributed by atoms with Gasteiger partial charge in [0.1, 0.15) is 0 Å². The summed E-state index contributed by atoms with van der Waals surface area (Å²) in [6.45, 7) is 5.44. The lowest BCUT2D eigenvalue weighted by molar-refractivity contribution is 0.234. The number of hydrogen-bond donors (Lipinski definition) is 1. The molecule has 0 saturated heterocycles. The molecule has 0 amide bonds. The summed E-state index contributed by atoms with van der Waals surface area (Å²) in [6, 6.07) is 0.857. The second kappa shape index (κ2) is 5.13. The third kappa shape index (κ3) is 4.43. The molecule has 1 fully saturated rings. The van der Waals surface area contributed by atoms with Crippen molar-refractivity contribution in [3.63, 3.8) is 0 Å². The van der Waals surface area contributed by atoms with Crippen molar-refractivity contribution in [2.45, 2.75) is 64.0 Å². The number of nitrogens with two attached hydrogens (primary N) is 1. The first-order valence-electron chi connectivity index (χ1n) is 5.98. The highest BCUT2D eigenvalue weighted by molar-refractivity contribution is 4.77. The normalized spacial score (nSPS) is 19.5. The fraction of sp³-hybridized carbons (Fsp3) is 1.00. The molecule has 0 radical (unpaired) electrons. The van der Waals surface area contributed by atoms with Crippen LogP contribution in [-0.4, -0.2) is 30.1 Å². The molecule has 0 aromatic carbocycles. The highest BCUT2D eigenvalue weighted by Gasteiger charge is 2.19. The van der Waals surface area contributed by atoms with E-state index in [1.807, 2.05) is 0 Å². The maximum Gasteiger partial charge on any atom is 0.00975 e. The first-order chi connectivity index (χ1) is 6.49. The zero-order valence-electron chi connectivity index (χ0n) is 10.1. The molecule has 2 N–H and O–H groups in total. The Morgan fingerprint density at radius 3 is 2.36 bits per heavy atom. The third-order valence-corrected chi connectivity index (χ3v) is 3.28. The van der Waals surface area contributed by atoms with Crippen molar-refractivity contribution in [2.24, 2.45) is 5.73 Å². The van der Waals surface area contributed by atoms with Gasteiger partial charge in [-0.25, -0.2) is 0 Å². The van der Waals surface area contributed by atoms with E-state index in [0.717, 1.165) is 12.5 Å². The van der Waals surface area contributed by atoms with Crippen LogP contribution in [0.1, 0.15) is 52.4 Å². The highest BCUT2D eigenvalue weighted by atomic mass is 15.1. The smallest absolute Gasteiger partial charge is 0.00975 e. The molecule has 1 aliphatic rings. The molecule has 1 saturated carbocycles. The number of hydrogen-bond acceptors (Lipinski definition) is 2. The quantitative estimate of drug-likeness (QED) is 0.735. The van der Waals surface area contributed by atoms with Crippen molar-refractivity contribution in [3.8, 4) is 0 Å². The highest BCUT2D eigenvalue weighted by Crippen LogP contribution is 2.22. The Hall–Kier alpha value is -0.0800. The lowest BCUT2D eigenvalue weighted by atomic mass is 10.00. The van der Waals surface area contributed by atoms with Gasteiger partial charge >= 0.3 is 0 Å². The first-order valence-corrected chi connectivity index (χ1v) is 5.98. The molecular formula is C12H26N2. The molecule has 0 unspecified atom stereocenters. The molecule has 0 aliphatic heterocycles. The van der Waals surface area contributed by atoms with Crippen molar-refractivity contribution in [3.05, 3.63) is 0 Å². The molecule has 0 spiro atoms. The van der Waals surface area contributed by atoms with Crippen LogP contribution in [0.4, 0.5) is 0 Å². The summed E-state index contributed by atoms with van der Waals surface area (Å²) in [4.78, 5) is 2.53. The lowest BCUT2D eigenvalue weighted by Gasteiger charge is -2.26. The van der Waals surface area contributed by atoms with E-state index < -0.39 is 0 Å². The standard InChI is InChI=1S/C12H26N2/c1-12(2,13)9-6-10-14(3)11-7-4-5-8-11/h11H,4-10,13H2,1-3H3. The van der Waals surface area contributed by atoms with Gasteiger partial charge in [0.15, 0.2) is 0 Å². The third-order valence-electron chi connectivity index (χ3n) is 3.28. The summed E-state index contributed by atoms with van der Waals surface area (Å²) >= 11 is 0. The largest absolute Gasteiger partial charge is 0.326 e. The molecule has 84 valence electrons. The van der Waals surface area contributed by atoms with E-state index in [9.17, 15) is 0 Å². The van der Waals surface area contributed by atoms with Crippen LogP contribution >= 0.6 is 0 Å². The van der Waals surface area contributed by atoms with Gasteiger partial charge in [0.2, 0.25) is 0 Å². The molecule has 1 aliphatic carbocycles. The fourth-order valence-electron chi connectivity index (χ4n) is 2.31. The van der Waals surface area contributed by atoms with E-state index >= 15 is 0 Å². The van der Waals surface area contributed by atoms with Gasteiger partial charge in [0, 0.05) is 11.6 Å². The molecule has 2 nitrogen and oxygen atoms in total. The number of rotatable bonds is 5. The Morgan fingerprint density at radius 2 is 1.86 bits per heavy atom. The predicted molar refractivity (Wildman–Crippen MR) is 62.4 cm³/mol. The number of nitrogens with zero attached hydrogens (tertiary/aromatic N) is 1. The van der Waals surface area contributed by atoms with Crippen LogP contribution in [0.15, 0.2) is 0 Å².